The molecule has 1 atom stereocenters. The second-order valence-electron chi connectivity index (χ2n) is 8.32. The van der Waals surface area contributed by atoms with Crippen LogP contribution in [0.3, 0.4) is 0 Å². The molecule has 186 valence electrons. The maximum Gasteiger partial charge on any atom is 0.271 e. The standard InChI is InChI=1S/C26H43F3O3/c1-4-7-8-9-10-11-14-17-22(32-26(30-5-2)31-6-3)18-15-12-13-16-21-19-24(28)25(29)20-23(21)27/h19-20,22,26H,4-18H2,1-3H3. The van der Waals surface area contributed by atoms with Gasteiger partial charge in [-0.2, -0.15) is 0 Å². The van der Waals surface area contributed by atoms with E-state index in [4.69, 9.17) is 14.2 Å². The van der Waals surface area contributed by atoms with Gasteiger partial charge in [0, 0.05) is 19.3 Å². The largest absolute Gasteiger partial charge is 0.330 e. The Labute approximate surface area is 193 Å². The van der Waals surface area contributed by atoms with E-state index in [0.717, 1.165) is 38.2 Å². The molecular weight excluding hydrogens is 417 g/mol. The van der Waals surface area contributed by atoms with Gasteiger partial charge in [-0.15, -0.1) is 0 Å². The molecule has 0 aromatic heterocycles. The van der Waals surface area contributed by atoms with E-state index in [-0.39, 0.29) is 11.7 Å². The summed E-state index contributed by atoms with van der Waals surface area (Å²) in [5.74, 6) is -2.82. The van der Waals surface area contributed by atoms with Gasteiger partial charge >= 0.3 is 0 Å². The third-order valence-electron chi connectivity index (χ3n) is 5.60. The van der Waals surface area contributed by atoms with Gasteiger partial charge in [-0.05, 0) is 51.2 Å². The summed E-state index contributed by atoms with van der Waals surface area (Å²) in [6.45, 7) is 6.46. The fraction of sp³-hybridized carbons (Fsp3) is 0.769. The van der Waals surface area contributed by atoms with Crippen LogP contribution in [-0.4, -0.2) is 25.8 Å². The van der Waals surface area contributed by atoms with E-state index in [2.05, 4.69) is 6.92 Å². The molecule has 0 bridgehead atoms. The summed E-state index contributed by atoms with van der Waals surface area (Å²) in [5, 5.41) is 0. The second-order valence-corrected chi connectivity index (χ2v) is 8.32. The van der Waals surface area contributed by atoms with Crippen molar-refractivity contribution in [1.82, 2.24) is 0 Å². The van der Waals surface area contributed by atoms with Gasteiger partial charge in [-0.1, -0.05) is 64.7 Å². The Morgan fingerprint density at radius 2 is 1.19 bits per heavy atom. The van der Waals surface area contributed by atoms with E-state index >= 15 is 0 Å². The average Bonchev–Trinajstić information content (AvgIpc) is 2.76. The monoisotopic (exact) mass is 460 g/mol. The van der Waals surface area contributed by atoms with Gasteiger partial charge in [-0.3, -0.25) is 0 Å². The van der Waals surface area contributed by atoms with E-state index in [0.29, 0.717) is 32.1 Å². The minimum atomic E-state index is -1.14. The van der Waals surface area contributed by atoms with Gasteiger partial charge in [0.1, 0.15) is 5.82 Å². The summed E-state index contributed by atoms with van der Waals surface area (Å²) < 4.78 is 57.4. The molecule has 1 aromatic rings. The minimum absolute atomic E-state index is 0.0498. The number of ether oxygens (including phenoxy) is 3. The number of hydrogen-bond acceptors (Lipinski definition) is 3. The van der Waals surface area contributed by atoms with Gasteiger partial charge in [0.25, 0.3) is 6.48 Å². The van der Waals surface area contributed by atoms with Gasteiger partial charge in [0.15, 0.2) is 11.6 Å². The topological polar surface area (TPSA) is 27.7 Å². The first-order valence-corrected chi connectivity index (χ1v) is 12.5. The van der Waals surface area contributed by atoms with Gasteiger partial charge < -0.3 is 14.2 Å². The fourth-order valence-electron chi connectivity index (χ4n) is 3.79. The Bertz CT molecular complexity index is 592. The Kier molecular flexibility index (Phi) is 16.6. The lowest BCUT2D eigenvalue weighted by Crippen LogP contribution is -2.27. The van der Waals surface area contributed by atoms with E-state index in [1.807, 2.05) is 13.8 Å². The molecule has 0 aliphatic carbocycles. The molecule has 0 fully saturated rings. The maximum atomic E-state index is 13.8. The maximum absolute atomic E-state index is 13.8. The molecule has 0 aliphatic heterocycles. The van der Waals surface area contributed by atoms with Crippen LogP contribution in [0.15, 0.2) is 12.1 Å². The molecule has 0 aliphatic rings. The summed E-state index contributed by atoms with van der Waals surface area (Å²) in [6, 6.07) is 1.59. The van der Waals surface area contributed by atoms with Crippen LogP contribution in [0.4, 0.5) is 13.2 Å². The van der Waals surface area contributed by atoms with Crippen molar-refractivity contribution in [2.45, 2.75) is 117 Å². The van der Waals surface area contributed by atoms with Crippen molar-refractivity contribution in [2.24, 2.45) is 0 Å². The number of benzene rings is 1. The summed E-state index contributed by atoms with van der Waals surface area (Å²) in [7, 11) is 0. The van der Waals surface area contributed by atoms with E-state index < -0.39 is 23.9 Å². The van der Waals surface area contributed by atoms with Crippen LogP contribution >= 0.6 is 0 Å². The Hall–Kier alpha value is -1.11. The zero-order valence-corrected chi connectivity index (χ0v) is 20.3. The van der Waals surface area contributed by atoms with Crippen molar-refractivity contribution >= 4 is 0 Å². The third-order valence-corrected chi connectivity index (χ3v) is 5.60. The number of unbranched alkanes of at least 4 members (excludes halogenated alkanes) is 8. The molecule has 0 heterocycles. The normalized spacial score (nSPS) is 12.6. The lowest BCUT2D eigenvalue weighted by Gasteiger charge is -2.24. The van der Waals surface area contributed by atoms with E-state index in [1.165, 1.54) is 38.5 Å². The predicted molar refractivity (Wildman–Crippen MR) is 123 cm³/mol. The molecule has 1 aromatic carbocycles. The SMILES string of the molecule is CCCCCCCCCC(CCCCCc1cc(F)c(F)cc1F)OC(OCC)OCC. The lowest BCUT2D eigenvalue weighted by molar-refractivity contribution is -0.302. The minimum Gasteiger partial charge on any atom is -0.330 e. The molecule has 0 spiro atoms. The first-order chi connectivity index (χ1) is 15.5. The molecule has 3 nitrogen and oxygen atoms in total. The van der Waals surface area contributed by atoms with Crippen LogP contribution in [0.25, 0.3) is 0 Å². The summed E-state index contributed by atoms with van der Waals surface area (Å²) in [5.41, 5.74) is 0.229. The van der Waals surface area contributed by atoms with Crippen molar-refractivity contribution in [2.75, 3.05) is 13.2 Å². The molecule has 0 saturated carbocycles. The summed E-state index contributed by atoms with van der Waals surface area (Å²) in [6.07, 6.45) is 13.5. The number of hydrogen-bond donors (Lipinski definition) is 0. The zero-order chi connectivity index (χ0) is 23.6. The lowest BCUT2D eigenvalue weighted by atomic mass is 10.0. The van der Waals surface area contributed by atoms with Crippen LogP contribution in [0.5, 0.6) is 0 Å². The van der Waals surface area contributed by atoms with Crippen LogP contribution < -0.4 is 0 Å². The number of rotatable bonds is 20. The van der Waals surface area contributed by atoms with Crippen LogP contribution in [0, 0.1) is 17.5 Å². The number of aryl methyl sites for hydroxylation is 1. The zero-order valence-electron chi connectivity index (χ0n) is 20.3. The third kappa shape index (κ3) is 12.8. The first-order valence-electron chi connectivity index (χ1n) is 12.5. The Morgan fingerprint density at radius 1 is 0.656 bits per heavy atom. The Morgan fingerprint density at radius 3 is 1.78 bits per heavy atom. The summed E-state index contributed by atoms with van der Waals surface area (Å²) in [4.78, 5) is 0. The number of halogens is 3. The van der Waals surface area contributed by atoms with Crippen LogP contribution in [-0.2, 0) is 20.6 Å². The molecular formula is C26H43F3O3. The highest BCUT2D eigenvalue weighted by atomic mass is 19.2. The average molecular weight is 461 g/mol. The molecule has 1 rings (SSSR count). The van der Waals surface area contributed by atoms with E-state index in [1.54, 1.807) is 0 Å². The summed E-state index contributed by atoms with van der Waals surface area (Å²) >= 11 is 0. The molecule has 0 N–H and O–H groups in total. The van der Waals surface area contributed by atoms with Crippen molar-refractivity contribution in [3.63, 3.8) is 0 Å². The second kappa shape index (κ2) is 18.3. The van der Waals surface area contributed by atoms with Gasteiger partial charge in [-0.25, -0.2) is 13.2 Å². The van der Waals surface area contributed by atoms with Crippen molar-refractivity contribution in [1.29, 1.82) is 0 Å². The molecule has 0 saturated heterocycles. The fourth-order valence-corrected chi connectivity index (χ4v) is 3.79. The van der Waals surface area contributed by atoms with Gasteiger partial charge in [0.2, 0.25) is 0 Å². The first kappa shape index (κ1) is 28.9. The highest BCUT2D eigenvalue weighted by molar-refractivity contribution is 5.20. The quantitative estimate of drug-likeness (QED) is 0.112. The van der Waals surface area contributed by atoms with Gasteiger partial charge in [0.05, 0.1) is 6.10 Å². The smallest absolute Gasteiger partial charge is 0.271 e. The molecule has 0 radical (unpaired) electrons. The van der Waals surface area contributed by atoms with Crippen LogP contribution in [0.2, 0.25) is 0 Å². The molecule has 0 amide bonds. The van der Waals surface area contributed by atoms with Crippen LogP contribution in [0.1, 0.15) is 103 Å². The predicted octanol–water partition coefficient (Wildman–Crippen LogP) is 8.09. The molecule has 1 unspecified atom stereocenters. The molecule has 32 heavy (non-hydrogen) atoms. The highest BCUT2D eigenvalue weighted by Crippen LogP contribution is 2.20. The van der Waals surface area contributed by atoms with Crippen molar-refractivity contribution in [3.8, 4) is 0 Å². The molecule has 6 heteroatoms. The van der Waals surface area contributed by atoms with E-state index in [9.17, 15) is 13.2 Å². The van der Waals surface area contributed by atoms with Crippen molar-refractivity contribution < 1.29 is 27.4 Å². The van der Waals surface area contributed by atoms with Crippen molar-refractivity contribution in [3.05, 3.63) is 35.1 Å². The highest BCUT2D eigenvalue weighted by Gasteiger charge is 2.17. The Balaban J connectivity index is 2.41.